The molecule has 0 aromatic heterocycles. The van der Waals surface area contributed by atoms with Crippen molar-refractivity contribution >= 4 is 5.97 Å². The predicted octanol–water partition coefficient (Wildman–Crippen LogP) is 2.42. The molecule has 0 spiro atoms. The molecule has 17 heavy (non-hydrogen) atoms. The third kappa shape index (κ3) is 4.76. The van der Waals surface area contributed by atoms with E-state index < -0.39 is 0 Å². The first kappa shape index (κ1) is 13.4. The summed E-state index contributed by atoms with van der Waals surface area (Å²) >= 11 is 0. The zero-order valence-electron chi connectivity index (χ0n) is 10.3. The van der Waals surface area contributed by atoms with Gasteiger partial charge in [-0.1, -0.05) is 12.1 Å². The van der Waals surface area contributed by atoms with E-state index in [0.29, 0.717) is 31.3 Å². The largest absolute Gasteiger partial charge is 0.490 e. The van der Waals surface area contributed by atoms with Gasteiger partial charge in [-0.05, 0) is 26.0 Å². The van der Waals surface area contributed by atoms with Gasteiger partial charge in [0.2, 0.25) is 0 Å². The van der Waals surface area contributed by atoms with Gasteiger partial charge in [0.1, 0.15) is 0 Å². The van der Waals surface area contributed by atoms with Crippen molar-refractivity contribution in [1.82, 2.24) is 0 Å². The lowest BCUT2D eigenvalue weighted by molar-refractivity contribution is -0.143. The van der Waals surface area contributed by atoms with Crippen molar-refractivity contribution in [2.75, 3.05) is 19.8 Å². The summed E-state index contributed by atoms with van der Waals surface area (Å²) in [7, 11) is 0. The molecular weight excluding hydrogens is 220 g/mol. The molecular formula is C13H18O4. The van der Waals surface area contributed by atoms with Crippen molar-refractivity contribution < 1.29 is 19.0 Å². The molecule has 0 bridgehead atoms. The van der Waals surface area contributed by atoms with Crippen molar-refractivity contribution in [1.29, 1.82) is 0 Å². The van der Waals surface area contributed by atoms with Crippen LogP contribution in [0.4, 0.5) is 0 Å². The Morgan fingerprint density at radius 1 is 1.06 bits per heavy atom. The molecule has 0 saturated heterocycles. The zero-order valence-corrected chi connectivity index (χ0v) is 10.3. The van der Waals surface area contributed by atoms with Crippen LogP contribution in [0.5, 0.6) is 11.5 Å². The molecule has 0 amide bonds. The Morgan fingerprint density at radius 3 is 2.29 bits per heavy atom. The Labute approximate surface area is 101 Å². The average molecular weight is 238 g/mol. The van der Waals surface area contributed by atoms with Crippen molar-refractivity contribution in [2.24, 2.45) is 0 Å². The molecule has 0 atom stereocenters. The third-order valence-corrected chi connectivity index (χ3v) is 2.02. The maximum absolute atomic E-state index is 11.1. The van der Waals surface area contributed by atoms with E-state index in [1.54, 1.807) is 6.92 Å². The number of para-hydroxylation sites is 2. The van der Waals surface area contributed by atoms with Crippen LogP contribution in [0.3, 0.4) is 0 Å². The minimum atomic E-state index is -0.249. The predicted molar refractivity (Wildman–Crippen MR) is 64.4 cm³/mol. The van der Waals surface area contributed by atoms with E-state index in [9.17, 15) is 4.79 Å². The van der Waals surface area contributed by atoms with E-state index in [2.05, 4.69) is 0 Å². The van der Waals surface area contributed by atoms with E-state index in [0.717, 1.165) is 0 Å². The van der Waals surface area contributed by atoms with Crippen LogP contribution in [0.15, 0.2) is 24.3 Å². The maximum atomic E-state index is 11.1. The molecule has 0 aliphatic heterocycles. The third-order valence-electron chi connectivity index (χ3n) is 2.02. The van der Waals surface area contributed by atoms with Crippen molar-refractivity contribution in [2.45, 2.75) is 20.3 Å². The van der Waals surface area contributed by atoms with E-state index in [4.69, 9.17) is 14.2 Å². The molecule has 0 N–H and O–H groups in total. The van der Waals surface area contributed by atoms with Crippen molar-refractivity contribution in [3.63, 3.8) is 0 Å². The highest BCUT2D eigenvalue weighted by Gasteiger charge is 2.05. The van der Waals surface area contributed by atoms with E-state index in [-0.39, 0.29) is 12.4 Å². The van der Waals surface area contributed by atoms with Crippen LogP contribution in [0.25, 0.3) is 0 Å². The number of benzene rings is 1. The van der Waals surface area contributed by atoms with Gasteiger partial charge in [-0.3, -0.25) is 4.79 Å². The molecule has 4 nitrogen and oxygen atoms in total. The van der Waals surface area contributed by atoms with Gasteiger partial charge < -0.3 is 14.2 Å². The first-order chi connectivity index (χ1) is 8.27. The topological polar surface area (TPSA) is 44.8 Å². The maximum Gasteiger partial charge on any atom is 0.309 e. The average Bonchev–Trinajstić information content (AvgIpc) is 2.32. The van der Waals surface area contributed by atoms with Crippen LogP contribution in [0.1, 0.15) is 20.3 Å². The summed E-state index contributed by atoms with van der Waals surface area (Å²) in [5.74, 6) is 1.10. The molecule has 1 rings (SSSR count). The number of carbonyl (C=O) groups excluding carboxylic acids is 1. The molecule has 0 aliphatic carbocycles. The van der Waals surface area contributed by atoms with Gasteiger partial charge in [-0.25, -0.2) is 0 Å². The normalized spacial score (nSPS) is 9.76. The molecule has 0 heterocycles. The van der Waals surface area contributed by atoms with E-state index in [1.165, 1.54) is 0 Å². The van der Waals surface area contributed by atoms with Crippen molar-refractivity contribution in [3.8, 4) is 11.5 Å². The summed E-state index contributed by atoms with van der Waals surface area (Å²) in [4.78, 5) is 11.1. The second-order valence-electron chi connectivity index (χ2n) is 3.28. The molecule has 1 aromatic rings. The summed E-state index contributed by atoms with van der Waals surface area (Å²) in [5, 5.41) is 0. The zero-order chi connectivity index (χ0) is 12.5. The molecule has 0 unspecified atom stereocenters. The number of esters is 1. The quantitative estimate of drug-likeness (QED) is 0.684. The summed E-state index contributed by atoms with van der Waals surface area (Å²) < 4.78 is 15.7. The molecule has 0 radical (unpaired) electrons. The van der Waals surface area contributed by atoms with Crippen LogP contribution < -0.4 is 9.47 Å². The molecule has 1 aromatic carbocycles. The lowest BCUT2D eigenvalue weighted by Gasteiger charge is -2.11. The number of hydrogen-bond donors (Lipinski definition) is 0. The molecule has 0 saturated carbocycles. The minimum absolute atomic E-state index is 0.244. The first-order valence-electron chi connectivity index (χ1n) is 5.78. The Bertz CT molecular complexity index is 349. The highest BCUT2D eigenvalue weighted by molar-refractivity contribution is 5.69. The fourth-order valence-electron chi connectivity index (χ4n) is 1.32. The second kappa shape index (κ2) is 7.54. The highest BCUT2D eigenvalue weighted by Crippen LogP contribution is 2.26. The fourth-order valence-corrected chi connectivity index (χ4v) is 1.32. The number of ether oxygens (including phenoxy) is 3. The fraction of sp³-hybridized carbons (Fsp3) is 0.462. The van der Waals surface area contributed by atoms with E-state index in [1.807, 2.05) is 31.2 Å². The van der Waals surface area contributed by atoms with Gasteiger partial charge in [0.05, 0.1) is 26.2 Å². The van der Waals surface area contributed by atoms with Gasteiger partial charge >= 0.3 is 5.97 Å². The molecule has 4 heteroatoms. The van der Waals surface area contributed by atoms with Crippen LogP contribution in [-0.2, 0) is 9.53 Å². The van der Waals surface area contributed by atoms with E-state index >= 15 is 0 Å². The summed E-state index contributed by atoms with van der Waals surface area (Å²) in [6.45, 7) is 4.97. The number of rotatable bonds is 7. The number of hydrogen-bond acceptors (Lipinski definition) is 4. The smallest absolute Gasteiger partial charge is 0.309 e. The Balaban J connectivity index is 2.43. The highest BCUT2D eigenvalue weighted by atomic mass is 16.5. The minimum Gasteiger partial charge on any atom is -0.490 e. The van der Waals surface area contributed by atoms with Crippen LogP contribution >= 0.6 is 0 Å². The van der Waals surface area contributed by atoms with Crippen LogP contribution in [-0.4, -0.2) is 25.8 Å². The monoisotopic (exact) mass is 238 g/mol. The standard InChI is InChI=1S/C13H18O4/c1-3-15-11-7-5-6-8-12(11)17-10-9-13(14)16-4-2/h5-8H,3-4,9-10H2,1-2H3. The van der Waals surface area contributed by atoms with Gasteiger partial charge in [0.25, 0.3) is 0 Å². The Hall–Kier alpha value is -1.71. The SMILES string of the molecule is CCOC(=O)CCOc1ccccc1OCC. The number of carbonyl (C=O) groups is 1. The molecule has 0 fully saturated rings. The summed E-state index contributed by atoms with van der Waals surface area (Å²) in [6, 6.07) is 7.39. The Kier molecular flexibility index (Phi) is 5.93. The van der Waals surface area contributed by atoms with Crippen LogP contribution in [0.2, 0.25) is 0 Å². The van der Waals surface area contributed by atoms with Gasteiger partial charge in [-0.15, -0.1) is 0 Å². The van der Waals surface area contributed by atoms with Gasteiger partial charge in [-0.2, -0.15) is 0 Å². The van der Waals surface area contributed by atoms with Gasteiger partial charge in [0.15, 0.2) is 11.5 Å². The van der Waals surface area contributed by atoms with Gasteiger partial charge in [0, 0.05) is 0 Å². The molecule has 0 aliphatic rings. The first-order valence-corrected chi connectivity index (χ1v) is 5.78. The summed E-state index contributed by atoms with van der Waals surface area (Å²) in [5.41, 5.74) is 0. The second-order valence-corrected chi connectivity index (χ2v) is 3.28. The molecule has 94 valence electrons. The lowest BCUT2D eigenvalue weighted by Crippen LogP contribution is -2.10. The Morgan fingerprint density at radius 2 is 1.71 bits per heavy atom. The summed E-state index contributed by atoms with van der Waals surface area (Å²) in [6.07, 6.45) is 0.244. The lowest BCUT2D eigenvalue weighted by atomic mass is 10.3. The van der Waals surface area contributed by atoms with Crippen molar-refractivity contribution in [3.05, 3.63) is 24.3 Å². The van der Waals surface area contributed by atoms with Crippen LogP contribution in [0, 0.1) is 0 Å².